The molecule has 0 radical (unpaired) electrons. The van der Waals surface area contributed by atoms with Crippen LogP contribution in [0.1, 0.15) is 33.6 Å². The van der Waals surface area contributed by atoms with Crippen LogP contribution in [0.15, 0.2) is 48.5 Å². The Kier molecular flexibility index (Phi) is 5.24. The highest BCUT2D eigenvalue weighted by Gasteiger charge is 2.25. The van der Waals surface area contributed by atoms with Crippen molar-refractivity contribution in [2.24, 2.45) is 0 Å². The smallest absolute Gasteiger partial charge is 0.253 e. The lowest BCUT2D eigenvalue weighted by molar-refractivity contribution is 0.0698. The molecule has 25 heavy (non-hydrogen) atoms. The first-order chi connectivity index (χ1) is 12.0. The Hall–Kier alpha value is -2.53. The van der Waals surface area contributed by atoms with E-state index >= 15 is 0 Å². The van der Waals surface area contributed by atoms with Gasteiger partial charge in [0.15, 0.2) is 0 Å². The predicted molar refractivity (Wildman–Crippen MR) is 96.0 cm³/mol. The number of aromatic hydroxyl groups is 1. The lowest BCUT2D eigenvalue weighted by atomic mass is 10.0. The molecular formula is C19H19ClN2O3. The SMILES string of the molecule is O=C(NC1CCN(C(=O)c2cccc(Cl)c2)CC1)c1cccc(O)c1. The second-order valence-electron chi connectivity index (χ2n) is 6.10. The van der Waals surface area contributed by atoms with Gasteiger partial charge in [0.2, 0.25) is 0 Å². The van der Waals surface area contributed by atoms with Crippen LogP contribution < -0.4 is 5.32 Å². The minimum Gasteiger partial charge on any atom is -0.508 e. The van der Waals surface area contributed by atoms with Gasteiger partial charge in [0.1, 0.15) is 5.75 Å². The number of phenolic OH excluding ortho intramolecular Hbond substituents is 1. The number of halogens is 1. The van der Waals surface area contributed by atoms with Gasteiger partial charge >= 0.3 is 0 Å². The van der Waals surface area contributed by atoms with E-state index in [0.717, 1.165) is 0 Å². The van der Waals surface area contributed by atoms with Crippen molar-refractivity contribution >= 4 is 23.4 Å². The normalized spacial score (nSPS) is 15.0. The van der Waals surface area contributed by atoms with Crippen molar-refractivity contribution < 1.29 is 14.7 Å². The number of phenols is 1. The maximum Gasteiger partial charge on any atom is 0.253 e. The highest BCUT2D eigenvalue weighted by molar-refractivity contribution is 6.30. The van der Waals surface area contributed by atoms with Crippen molar-refractivity contribution in [1.82, 2.24) is 10.2 Å². The summed E-state index contributed by atoms with van der Waals surface area (Å²) in [5, 5.41) is 13.0. The van der Waals surface area contributed by atoms with Crippen LogP contribution in [0.25, 0.3) is 0 Å². The van der Waals surface area contributed by atoms with Crippen molar-refractivity contribution in [3.8, 4) is 5.75 Å². The van der Waals surface area contributed by atoms with Gasteiger partial charge < -0.3 is 15.3 Å². The summed E-state index contributed by atoms with van der Waals surface area (Å²) in [6.45, 7) is 1.16. The lowest BCUT2D eigenvalue weighted by Gasteiger charge is -2.32. The van der Waals surface area contributed by atoms with Crippen LogP contribution in [-0.2, 0) is 0 Å². The van der Waals surface area contributed by atoms with E-state index in [2.05, 4.69) is 5.32 Å². The molecule has 6 heteroatoms. The largest absolute Gasteiger partial charge is 0.508 e. The summed E-state index contributed by atoms with van der Waals surface area (Å²) in [6.07, 6.45) is 1.38. The predicted octanol–water partition coefficient (Wildman–Crippen LogP) is 3.08. The number of hydrogen-bond donors (Lipinski definition) is 2. The Morgan fingerprint density at radius 2 is 1.72 bits per heavy atom. The summed E-state index contributed by atoms with van der Waals surface area (Å²) in [5.41, 5.74) is 1.01. The number of carbonyl (C=O) groups is 2. The van der Waals surface area contributed by atoms with E-state index in [1.54, 1.807) is 41.3 Å². The summed E-state index contributed by atoms with van der Waals surface area (Å²) in [5.74, 6) is -0.189. The fourth-order valence-electron chi connectivity index (χ4n) is 2.95. The monoisotopic (exact) mass is 358 g/mol. The van der Waals surface area contributed by atoms with Gasteiger partial charge in [0, 0.05) is 35.3 Å². The van der Waals surface area contributed by atoms with Crippen LogP contribution in [0.2, 0.25) is 5.02 Å². The van der Waals surface area contributed by atoms with Gasteiger partial charge in [-0.15, -0.1) is 0 Å². The number of rotatable bonds is 3. The van der Waals surface area contributed by atoms with Crippen molar-refractivity contribution in [1.29, 1.82) is 0 Å². The Balaban J connectivity index is 1.55. The third-order valence-corrected chi connectivity index (χ3v) is 4.53. The number of nitrogens with zero attached hydrogens (tertiary/aromatic N) is 1. The number of hydrogen-bond acceptors (Lipinski definition) is 3. The molecule has 3 rings (SSSR count). The second kappa shape index (κ2) is 7.57. The average molecular weight is 359 g/mol. The Bertz CT molecular complexity index is 786. The zero-order valence-electron chi connectivity index (χ0n) is 13.6. The fraction of sp³-hybridized carbons (Fsp3) is 0.263. The fourth-order valence-corrected chi connectivity index (χ4v) is 3.14. The third kappa shape index (κ3) is 4.31. The second-order valence-corrected chi connectivity index (χ2v) is 6.54. The van der Waals surface area contributed by atoms with E-state index in [-0.39, 0.29) is 23.6 Å². The zero-order chi connectivity index (χ0) is 17.8. The Morgan fingerprint density at radius 3 is 2.40 bits per heavy atom. The van der Waals surface area contributed by atoms with Gasteiger partial charge in [-0.25, -0.2) is 0 Å². The highest BCUT2D eigenvalue weighted by Crippen LogP contribution is 2.18. The molecule has 2 amide bonds. The molecule has 5 nitrogen and oxygen atoms in total. The molecule has 0 bridgehead atoms. The summed E-state index contributed by atoms with van der Waals surface area (Å²) < 4.78 is 0. The van der Waals surface area contributed by atoms with Crippen LogP contribution in [0.4, 0.5) is 0 Å². The highest BCUT2D eigenvalue weighted by atomic mass is 35.5. The summed E-state index contributed by atoms with van der Waals surface area (Å²) in [4.78, 5) is 26.5. The van der Waals surface area contributed by atoms with Crippen molar-refractivity contribution in [3.63, 3.8) is 0 Å². The van der Waals surface area contributed by atoms with E-state index in [0.29, 0.717) is 42.1 Å². The van der Waals surface area contributed by atoms with Crippen molar-refractivity contribution in [2.75, 3.05) is 13.1 Å². The topological polar surface area (TPSA) is 69.6 Å². The quantitative estimate of drug-likeness (QED) is 0.885. The summed E-state index contributed by atoms with van der Waals surface area (Å²) >= 11 is 5.94. The molecule has 0 atom stereocenters. The number of carbonyl (C=O) groups excluding carboxylic acids is 2. The van der Waals surface area contributed by atoms with Crippen molar-refractivity contribution in [2.45, 2.75) is 18.9 Å². The molecule has 0 unspecified atom stereocenters. The molecule has 1 saturated heterocycles. The van der Waals surface area contributed by atoms with E-state index in [1.807, 2.05) is 0 Å². The minimum atomic E-state index is -0.212. The number of piperidine rings is 1. The molecule has 0 aromatic heterocycles. The van der Waals surface area contributed by atoms with Gasteiger partial charge in [-0.1, -0.05) is 23.7 Å². The van der Waals surface area contributed by atoms with E-state index < -0.39 is 0 Å². The molecule has 1 fully saturated rings. The number of likely N-dealkylation sites (tertiary alicyclic amines) is 1. The van der Waals surface area contributed by atoms with Gasteiger partial charge in [-0.2, -0.15) is 0 Å². The molecule has 1 heterocycles. The molecular weight excluding hydrogens is 340 g/mol. The summed E-state index contributed by atoms with van der Waals surface area (Å²) in [7, 11) is 0. The number of nitrogens with one attached hydrogen (secondary N) is 1. The van der Waals surface area contributed by atoms with Gasteiger partial charge in [-0.3, -0.25) is 9.59 Å². The first-order valence-corrected chi connectivity index (χ1v) is 8.55. The Morgan fingerprint density at radius 1 is 1.04 bits per heavy atom. The maximum atomic E-state index is 12.5. The number of benzene rings is 2. The van der Waals surface area contributed by atoms with Crippen LogP contribution in [-0.4, -0.2) is 41.0 Å². The molecule has 2 N–H and O–H groups in total. The number of amides is 2. The standard InChI is InChI=1S/C19H19ClN2O3/c20-15-5-1-4-14(11-15)19(25)22-9-7-16(8-10-22)21-18(24)13-3-2-6-17(23)12-13/h1-6,11-12,16,23H,7-10H2,(H,21,24). The van der Waals surface area contributed by atoms with E-state index in [9.17, 15) is 14.7 Å². The molecule has 1 aliphatic heterocycles. The molecule has 1 aliphatic rings. The van der Waals surface area contributed by atoms with Crippen LogP contribution in [0, 0.1) is 0 Å². The van der Waals surface area contributed by atoms with E-state index in [1.165, 1.54) is 12.1 Å². The first kappa shape index (κ1) is 17.3. The molecule has 2 aromatic rings. The van der Waals surface area contributed by atoms with Gasteiger partial charge in [-0.05, 0) is 49.2 Å². The maximum absolute atomic E-state index is 12.5. The van der Waals surface area contributed by atoms with Gasteiger partial charge in [0.25, 0.3) is 11.8 Å². The summed E-state index contributed by atoms with van der Waals surface area (Å²) in [6, 6.07) is 13.2. The zero-order valence-corrected chi connectivity index (χ0v) is 14.4. The van der Waals surface area contributed by atoms with E-state index in [4.69, 9.17) is 11.6 Å². The average Bonchev–Trinajstić information content (AvgIpc) is 2.62. The molecule has 0 aliphatic carbocycles. The molecule has 0 saturated carbocycles. The van der Waals surface area contributed by atoms with Crippen LogP contribution in [0.3, 0.4) is 0 Å². The molecule has 0 spiro atoms. The van der Waals surface area contributed by atoms with Crippen LogP contribution in [0.5, 0.6) is 5.75 Å². The van der Waals surface area contributed by atoms with Gasteiger partial charge in [0.05, 0.1) is 0 Å². The third-order valence-electron chi connectivity index (χ3n) is 4.30. The minimum absolute atomic E-state index is 0.0123. The first-order valence-electron chi connectivity index (χ1n) is 8.17. The Labute approximate surface area is 151 Å². The lowest BCUT2D eigenvalue weighted by Crippen LogP contribution is -2.46. The van der Waals surface area contributed by atoms with Crippen molar-refractivity contribution in [3.05, 3.63) is 64.7 Å². The van der Waals surface area contributed by atoms with Crippen LogP contribution >= 0.6 is 11.6 Å². The molecule has 130 valence electrons. The molecule has 2 aromatic carbocycles.